The van der Waals surface area contributed by atoms with Crippen molar-refractivity contribution in [2.75, 3.05) is 0 Å². The van der Waals surface area contributed by atoms with E-state index >= 15 is 0 Å². The van der Waals surface area contributed by atoms with E-state index in [1.54, 1.807) is 0 Å². The summed E-state index contributed by atoms with van der Waals surface area (Å²) in [4.78, 5) is 0. The maximum atomic E-state index is 2.31. The van der Waals surface area contributed by atoms with Crippen molar-refractivity contribution in [1.82, 2.24) is 0 Å². The van der Waals surface area contributed by atoms with Crippen LogP contribution in [0.4, 0.5) is 0 Å². The molecule has 0 atom stereocenters. The first-order chi connectivity index (χ1) is 9.52. The minimum absolute atomic E-state index is 1.31. The van der Waals surface area contributed by atoms with Crippen LogP contribution in [-0.4, -0.2) is 0 Å². The minimum atomic E-state index is 1.31. The number of hydrogen-bond donors (Lipinski definition) is 0. The van der Waals surface area contributed by atoms with Gasteiger partial charge in [0.25, 0.3) is 0 Å². The first kappa shape index (κ1) is 12.9. The van der Waals surface area contributed by atoms with E-state index < -0.39 is 0 Å². The van der Waals surface area contributed by atoms with Crippen LogP contribution in [0.5, 0.6) is 0 Å². The molecule has 3 aromatic carbocycles. The second kappa shape index (κ2) is 4.79. The van der Waals surface area contributed by atoms with Gasteiger partial charge in [0, 0.05) is 0 Å². The van der Waals surface area contributed by atoms with Crippen molar-refractivity contribution < 1.29 is 0 Å². The lowest BCUT2D eigenvalue weighted by molar-refractivity contribution is 1.38. The van der Waals surface area contributed by atoms with Gasteiger partial charge in [-0.05, 0) is 61.2 Å². The molecule has 0 aliphatic carbocycles. The number of fused-ring (bicyclic) bond motifs is 1. The monoisotopic (exact) mass is 260 g/mol. The zero-order valence-electron chi connectivity index (χ0n) is 12.6. The van der Waals surface area contributed by atoms with E-state index in [9.17, 15) is 0 Å². The molecule has 0 spiro atoms. The second-order valence-corrected chi connectivity index (χ2v) is 5.89. The molecule has 0 saturated heterocycles. The van der Waals surface area contributed by atoms with E-state index in [0.717, 1.165) is 0 Å². The second-order valence-electron chi connectivity index (χ2n) is 5.89. The minimum Gasteiger partial charge on any atom is -0.0587 e. The van der Waals surface area contributed by atoms with Crippen LogP contribution < -0.4 is 0 Å². The fourth-order valence-electron chi connectivity index (χ4n) is 2.99. The van der Waals surface area contributed by atoms with Crippen molar-refractivity contribution in [2.45, 2.75) is 27.7 Å². The highest BCUT2D eigenvalue weighted by molar-refractivity contribution is 5.90. The fraction of sp³-hybridized carbons (Fsp3) is 0.200. The summed E-state index contributed by atoms with van der Waals surface area (Å²) in [5.41, 5.74) is 7.93. The fourth-order valence-corrected chi connectivity index (χ4v) is 2.99. The Morgan fingerprint density at radius 3 is 1.90 bits per heavy atom. The van der Waals surface area contributed by atoms with Crippen LogP contribution in [0.15, 0.2) is 48.5 Å². The third-order valence-electron chi connectivity index (χ3n) is 3.87. The van der Waals surface area contributed by atoms with Gasteiger partial charge in [0.2, 0.25) is 0 Å². The van der Waals surface area contributed by atoms with Gasteiger partial charge in [0.15, 0.2) is 0 Å². The van der Waals surface area contributed by atoms with Crippen molar-refractivity contribution in [3.05, 3.63) is 70.8 Å². The lowest BCUT2D eigenvalue weighted by atomic mass is 9.95. The molecular weight excluding hydrogens is 240 g/mol. The molecule has 3 rings (SSSR count). The standard InChI is InChI=1S/C20H20/c1-13-5-6-20-16(4)11-18(12-19(20)8-13)17-9-14(2)7-15(3)10-17/h5-12H,1-4H3. The molecule has 0 nitrogen and oxygen atoms in total. The van der Waals surface area contributed by atoms with Crippen LogP contribution in [0.25, 0.3) is 21.9 Å². The van der Waals surface area contributed by atoms with Gasteiger partial charge in [0.05, 0.1) is 0 Å². The van der Waals surface area contributed by atoms with Crippen molar-refractivity contribution in [3.63, 3.8) is 0 Å². The van der Waals surface area contributed by atoms with Gasteiger partial charge in [-0.15, -0.1) is 0 Å². The molecule has 100 valence electrons. The summed E-state index contributed by atoms with van der Waals surface area (Å²) in [6.07, 6.45) is 0. The average Bonchev–Trinajstić information content (AvgIpc) is 2.36. The summed E-state index contributed by atoms with van der Waals surface area (Å²) in [7, 11) is 0. The Hall–Kier alpha value is -2.08. The van der Waals surface area contributed by atoms with E-state index in [4.69, 9.17) is 0 Å². The summed E-state index contributed by atoms with van der Waals surface area (Å²) < 4.78 is 0. The largest absolute Gasteiger partial charge is 0.0587 e. The molecule has 0 aliphatic heterocycles. The zero-order valence-corrected chi connectivity index (χ0v) is 12.6. The topological polar surface area (TPSA) is 0 Å². The SMILES string of the molecule is Cc1cc(C)cc(-c2cc(C)c3ccc(C)cc3c2)c1. The predicted molar refractivity (Wildman–Crippen MR) is 88.3 cm³/mol. The van der Waals surface area contributed by atoms with Crippen LogP contribution in [0.2, 0.25) is 0 Å². The molecule has 0 heteroatoms. The Balaban J connectivity index is 2.26. The van der Waals surface area contributed by atoms with Crippen LogP contribution >= 0.6 is 0 Å². The van der Waals surface area contributed by atoms with Gasteiger partial charge in [-0.2, -0.15) is 0 Å². The molecule has 0 aliphatic rings. The van der Waals surface area contributed by atoms with Crippen molar-refractivity contribution >= 4 is 10.8 Å². The summed E-state index contributed by atoms with van der Waals surface area (Å²) in [6, 6.07) is 18.1. The van der Waals surface area contributed by atoms with E-state index in [1.165, 1.54) is 44.2 Å². The molecule has 3 aromatic rings. The van der Waals surface area contributed by atoms with Crippen LogP contribution in [-0.2, 0) is 0 Å². The van der Waals surface area contributed by atoms with E-state index in [2.05, 4.69) is 76.2 Å². The van der Waals surface area contributed by atoms with Gasteiger partial charge in [-0.25, -0.2) is 0 Å². The molecule has 20 heavy (non-hydrogen) atoms. The summed E-state index contributed by atoms with van der Waals surface area (Å²) in [6.45, 7) is 8.67. The van der Waals surface area contributed by atoms with Crippen molar-refractivity contribution in [2.24, 2.45) is 0 Å². The highest BCUT2D eigenvalue weighted by Gasteiger charge is 2.04. The van der Waals surface area contributed by atoms with E-state index in [-0.39, 0.29) is 0 Å². The van der Waals surface area contributed by atoms with Crippen LogP contribution in [0, 0.1) is 27.7 Å². The molecule has 0 radical (unpaired) electrons. The number of benzene rings is 3. The molecule has 0 bridgehead atoms. The Morgan fingerprint density at radius 1 is 0.550 bits per heavy atom. The molecule has 0 amide bonds. The smallest absolute Gasteiger partial charge is 0.0154 e. The Kier molecular flexibility index (Phi) is 3.10. The maximum Gasteiger partial charge on any atom is -0.0154 e. The molecule has 0 N–H and O–H groups in total. The number of rotatable bonds is 1. The van der Waals surface area contributed by atoms with E-state index in [1.807, 2.05) is 0 Å². The normalized spacial score (nSPS) is 11.0. The third-order valence-corrected chi connectivity index (χ3v) is 3.87. The number of hydrogen-bond acceptors (Lipinski definition) is 0. The van der Waals surface area contributed by atoms with Crippen LogP contribution in [0.3, 0.4) is 0 Å². The van der Waals surface area contributed by atoms with E-state index in [0.29, 0.717) is 0 Å². The Bertz CT molecular complexity index is 774. The third kappa shape index (κ3) is 2.34. The highest BCUT2D eigenvalue weighted by atomic mass is 14.1. The van der Waals surface area contributed by atoms with Crippen LogP contribution in [0.1, 0.15) is 22.3 Å². The van der Waals surface area contributed by atoms with Gasteiger partial charge >= 0.3 is 0 Å². The van der Waals surface area contributed by atoms with Gasteiger partial charge < -0.3 is 0 Å². The molecular formula is C20H20. The quantitative estimate of drug-likeness (QED) is 0.523. The zero-order chi connectivity index (χ0) is 14.3. The first-order valence-electron chi connectivity index (χ1n) is 7.12. The number of aryl methyl sites for hydroxylation is 4. The first-order valence-corrected chi connectivity index (χ1v) is 7.12. The summed E-state index contributed by atoms with van der Waals surface area (Å²) in [5, 5.41) is 2.68. The lowest BCUT2D eigenvalue weighted by Crippen LogP contribution is -1.86. The summed E-state index contributed by atoms with van der Waals surface area (Å²) in [5.74, 6) is 0. The molecule has 0 aromatic heterocycles. The molecule has 0 heterocycles. The predicted octanol–water partition coefficient (Wildman–Crippen LogP) is 5.74. The maximum absolute atomic E-state index is 2.31. The van der Waals surface area contributed by atoms with Crippen molar-refractivity contribution in [3.8, 4) is 11.1 Å². The lowest BCUT2D eigenvalue weighted by Gasteiger charge is -2.10. The highest BCUT2D eigenvalue weighted by Crippen LogP contribution is 2.29. The van der Waals surface area contributed by atoms with Gasteiger partial charge in [-0.1, -0.05) is 59.2 Å². The molecule has 0 fully saturated rings. The average molecular weight is 260 g/mol. The molecule has 0 saturated carbocycles. The van der Waals surface area contributed by atoms with Gasteiger partial charge in [0.1, 0.15) is 0 Å². The Labute approximate surface area is 121 Å². The summed E-state index contributed by atoms with van der Waals surface area (Å²) >= 11 is 0. The van der Waals surface area contributed by atoms with Crippen molar-refractivity contribution in [1.29, 1.82) is 0 Å². The van der Waals surface area contributed by atoms with Gasteiger partial charge in [-0.3, -0.25) is 0 Å². The Morgan fingerprint density at radius 2 is 1.20 bits per heavy atom. The molecule has 0 unspecified atom stereocenters.